The van der Waals surface area contributed by atoms with Crippen molar-refractivity contribution in [1.82, 2.24) is 9.88 Å². The summed E-state index contributed by atoms with van der Waals surface area (Å²) < 4.78 is 5.07. The minimum absolute atomic E-state index is 0.0472. The number of esters is 1. The number of likely N-dealkylation sites (tertiary alicyclic amines) is 1. The topological polar surface area (TPSA) is 59.5 Å². The average Bonchev–Trinajstić information content (AvgIpc) is 2.47. The van der Waals surface area contributed by atoms with E-state index in [0.717, 1.165) is 24.2 Å². The maximum absolute atomic E-state index is 12.6. The molecule has 114 valence electrons. The van der Waals surface area contributed by atoms with Crippen molar-refractivity contribution in [2.24, 2.45) is 5.92 Å². The van der Waals surface area contributed by atoms with Gasteiger partial charge < -0.3 is 9.64 Å². The second-order valence-electron chi connectivity index (χ2n) is 5.43. The van der Waals surface area contributed by atoms with Crippen LogP contribution in [0.5, 0.6) is 0 Å². The fraction of sp³-hybridized carbons (Fsp3) is 0.562. The Kier molecular flexibility index (Phi) is 4.94. The van der Waals surface area contributed by atoms with E-state index in [0.29, 0.717) is 25.3 Å². The summed E-state index contributed by atoms with van der Waals surface area (Å²) in [6.07, 6.45) is 1.61. The molecule has 5 nitrogen and oxygen atoms in total. The zero-order valence-electron chi connectivity index (χ0n) is 12.9. The molecule has 21 heavy (non-hydrogen) atoms. The highest BCUT2D eigenvalue weighted by molar-refractivity contribution is 5.95. The quantitative estimate of drug-likeness (QED) is 0.800. The van der Waals surface area contributed by atoms with Crippen molar-refractivity contribution in [3.05, 3.63) is 29.1 Å². The number of amides is 1. The molecule has 1 aliphatic rings. The van der Waals surface area contributed by atoms with Gasteiger partial charge in [0.2, 0.25) is 0 Å². The van der Waals surface area contributed by atoms with Gasteiger partial charge in [0.25, 0.3) is 5.91 Å². The highest BCUT2D eigenvalue weighted by atomic mass is 16.5. The van der Waals surface area contributed by atoms with Crippen LogP contribution in [0.25, 0.3) is 0 Å². The molecule has 1 aliphatic heterocycles. The Morgan fingerprint density at radius 2 is 2.14 bits per heavy atom. The Balaban J connectivity index is 2.10. The molecule has 1 amide bonds. The Morgan fingerprint density at radius 3 is 2.81 bits per heavy atom. The zero-order valence-corrected chi connectivity index (χ0v) is 12.9. The monoisotopic (exact) mass is 290 g/mol. The Bertz CT molecular complexity index is 542. The van der Waals surface area contributed by atoms with Crippen LogP contribution in [-0.2, 0) is 9.53 Å². The first kappa shape index (κ1) is 15.5. The van der Waals surface area contributed by atoms with Gasteiger partial charge in [-0.05, 0) is 45.7 Å². The van der Waals surface area contributed by atoms with Crippen molar-refractivity contribution in [2.45, 2.75) is 33.6 Å². The molecule has 0 saturated carbocycles. The minimum atomic E-state index is -0.207. The van der Waals surface area contributed by atoms with Gasteiger partial charge in [0, 0.05) is 18.8 Å². The SMILES string of the molecule is CCOC(=O)[C@H]1CCCN(C(=O)c2ccc(C)nc2C)C1. The predicted octanol–water partition coefficient (Wildman–Crippen LogP) is 2.11. The number of hydrogen-bond acceptors (Lipinski definition) is 4. The van der Waals surface area contributed by atoms with Gasteiger partial charge in [0.1, 0.15) is 0 Å². The van der Waals surface area contributed by atoms with E-state index < -0.39 is 0 Å². The molecule has 5 heteroatoms. The molecule has 0 aliphatic carbocycles. The normalized spacial score (nSPS) is 18.4. The summed E-state index contributed by atoms with van der Waals surface area (Å²) in [5.41, 5.74) is 2.25. The Morgan fingerprint density at radius 1 is 1.38 bits per heavy atom. The first-order chi connectivity index (χ1) is 10.0. The van der Waals surface area contributed by atoms with E-state index in [9.17, 15) is 9.59 Å². The Hall–Kier alpha value is -1.91. The molecule has 2 rings (SSSR count). The molecule has 1 aromatic heterocycles. The largest absolute Gasteiger partial charge is 0.466 e. The molecule has 0 radical (unpaired) electrons. The smallest absolute Gasteiger partial charge is 0.310 e. The second kappa shape index (κ2) is 6.70. The van der Waals surface area contributed by atoms with E-state index in [1.807, 2.05) is 26.0 Å². The number of aryl methyl sites for hydroxylation is 2. The van der Waals surface area contributed by atoms with Crippen LogP contribution in [0.2, 0.25) is 0 Å². The van der Waals surface area contributed by atoms with Crippen LogP contribution in [0.15, 0.2) is 12.1 Å². The number of nitrogens with zero attached hydrogens (tertiary/aromatic N) is 2. The summed E-state index contributed by atoms with van der Waals surface area (Å²) in [6.45, 7) is 7.04. The molecular weight excluding hydrogens is 268 g/mol. The number of pyridine rings is 1. The van der Waals surface area contributed by atoms with Gasteiger partial charge in [-0.15, -0.1) is 0 Å². The molecule has 1 aromatic rings. The van der Waals surface area contributed by atoms with Crippen LogP contribution >= 0.6 is 0 Å². The average molecular weight is 290 g/mol. The minimum Gasteiger partial charge on any atom is -0.466 e. The maximum Gasteiger partial charge on any atom is 0.310 e. The number of carbonyl (C=O) groups excluding carboxylic acids is 2. The van der Waals surface area contributed by atoms with E-state index in [1.165, 1.54) is 0 Å². The predicted molar refractivity (Wildman–Crippen MR) is 79.0 cm³/mol. The lowest BCUT2D eigenvalue weighted by atomic mass is 9.97. The summed E-state index contributed by atoms with van der Waals surface area (Å²) in [5.74, 6) is -0.455. The van der Waals surface area contributed by atoms with Crippen LogP contribution in [0.4, 0.5) is 0 Å². The van der Waals surface area contributed by atoms with Crippen molar-refractivity contribution in [3.63, 3.8) is 0 Å². The van der Waals surface area contributed by atoms with Gasteiger partial charge in [-0.25, -0.2) is 0 Å². The van der Waals surface area contributed by atoms with E-state index >= 15 is 0 Å². The van der Waals surface area contributed by atoms with Gasteiger partial charge in [-0.1, -0.05) is 0 Å². The van der Waals surface area contributed by atoms with E-state index in [1.54, 1.807) is 11.8 Å². The third-order valence-electron chi connectivity index (χ3n) is 3.78. The second-order valence-corrected chi connectivity index (χ2v) is 5.43. The van der Waals surface area contributed by atoms with Gasteiger partial charge in [0.15, 0.2) is 0 Å². The lowest BCUT2D eigenvalue weighted by Crippen LogP contribution is -2.43. The fourth-order valence-corrected chi connectivity index (χ4v) is 2.70. The van der Waals surface area contributed by atoms with E-state index in [4.69, 9.17) is 4.74 Å². The zero-order chi connectivity index (χ0) is 15.4. The summed E-state index contributed by atoms with van der Waals surface area (Å²) in [5, 5.41) is 0. The first-order valence-electron chi connectivity index (χ1n) is 7.43. The molecule has 0 bridgehead atoms. The summed E-state index contributed by atoms with van der Waals surface area (Å²) >= 11 is 0. The number of carbonyl (C=O) groups is 2. The third kappa shape index (κ3) is 3.60. The molecular formula is C16H22N2O3. The summed E-state index contributed by atoms with van der Waals surface area (Å²) in [7, 11) is 0. The number of ether oxygens (including phenoxy) is 1. The third-order valence-corrected chi connectivity index (χ3v) is 3.78. The number of hydrogen-bond donors (Lipinski definition) is 0. The lowest BCUT2D eigenvalue weighted by Gasteiger charge is -2.31. The maximum atomic E-state index is 12.6. The lowest BCUT2D eigenvalue weighted by molar-refractivity contribution is -0.149. The van der Waals surface area contributed by atoms with Gasteiger partial charge >= 0.3 is 5.97 Å². The molecule has 1 fully saturated rings. The van der Waals surface area contributed by atoms with E-state index in [-0.39, 0.29) is 17.8 Å². The van der Waals surface area contributed by atoms with Crippen LogP contribution < -0.4 is 0 Å². The fourth-order valence-electron chi connectivity index (χ4n) is 2.70. The number of aromatic nitrogens is 1. The van der Waals surface area contributed by atoms with Crippen LogP contribution in [0, 0.1) is 19.8 Å². The molecule has 0 aromatic carbocycles. The molecule has 1 atom stereocenters. The molecule has 1 saturated heterocycles. The van der Waals surface area contributed by atoms with Gasteiger partial charge in [-0.3, -0.25) is 14.6 Å². The number of rotatable bonds is 3. The van der Waals surface area contributed by atoms with Gasteiger partial charge in [-0.2, -0.15) is 0 Å². The van der Waals surface area contributed by atoms with Crippen LogP contribution in [0.3, 0.4) is 0 Å². The van der Waals surface area contributed by atoms with Crippen LogP contribution in [0.1, 0.15) is 41.5 Å². The standard InChI is InChI=1S/C16H22N2O3/c1-4-21-16(20)13-6-5-9-18(10-13)15(19)14-8-7-11(2)17-12(14)3/h7-8,13H,4-6,9-10H2,1-3H3/t13-/m0/s1. The van der Waals surface area contributed by atoms with Gasteiger partial charge in [0.05, 0.1) is 23.8 Å². The summed E-state index contributed by atoms with van der Waals surface area (Å²) in [6, 6.07) is 3.65. The summed E-state index contributed by atoms with van der Waals surface area (Å²) in [4.78, 5) is 30.5. The highest BCUT2D eigenvalue weighted by Crippen LogP contribution is 2.20. The molecule has 0 spiro atoms. The van der Waals surface area contributed by atoms with Crippen molar-refractivity contribution in [3.8, 4) is 0 Å². The van der Waals surface area contributed by atoms with Crippen molar-refractivity contribution in [1.29, 1.82) is 0 Å². The van der Waals surface area contributed by atoms with Crippen LogP contribution in [-0.4, -0.2) is 41.5 Å². The van der Waals surface area contributed by atoms with Crippen molar-refractivity contribution in [2.75, 3.05) is 19.7 Å². The molecule has 0 N–H and O–H groups in total. The Labute approximate surface area is 125 Å². The molecule has 2 heterocycles. The highest BCUT2D eigenvalue weighted by Gasteiger charge is 2.30. The first-order valence-corrected chi connectivity index (χ1v) is 7.43. The van der Waals surface area contributed by atoms with Crippen molar-refractivity contribution >= 4 is 11.9 Å². The molecule has 0 unspecified atom stereocenters. The van der Waals surface area contributed by atoms with Crippen molar-refractivity contribution < 1.29 is 14.3 Å². The van der Waals surface area contributed by atoms with E-state index in [2.05, 4.69) is 4.98 Å². The number of piperidine rings is 1.